The molecule has 0 bridgehead atoms. The molecule has 0 saturated heterocycles. The van der Waals surface area contributed by atoms with Gasteiger partial charge >= 0.3 is 0 Å². The maximum Gasteiger partial charge on any atom is 0.274 e. The van der Waals surface area contributed by atoms with Crippen LogP contribution in [-0.2, 0) is 0 Å². The summed E-state index contributed by atoms with van der Waals surface area (Å²) in [5, 5.41) is 14.8. The van der Waals surface area contributed by atoms with Crippen LogP contribution in [0, 0.1) is 25.2 Å². The topological polar surface area (TPSA) is 90.7 Å². The monoisotopic (exact) mass is 343 g/mol. The van der Waals surface area contributed by atoms with Gasteiger partial charge in [-0.1, -0.05) is 12.1 Å². The predicted molar refractivity (Wildman–Crippen MR) is 100 cm³/mol. The van der Waals surface area contributed by atoms with E-state index in [2.05, 4.69) is 26.7 Å². The second-order valence-electron chi connectivity index (χ2n) is 5.91. The van der Waals surface area contributed by atoms with Gasteiger partial charge in [0.2, 0.25) is 5.95 Å². The van der Waals surface area contributed by atoms with Crippen LogP contribution in [0.1, 0.15) is 27.2 Å². The molecule has 0 atom stereocenters. The number of benzene rings is 2. The molecule has 2 aromatic carbocycles. The van der Waals surface area contributed by atoms with Crippen LogP contribution in [-0.4, -0.2) is 15.9 Å². The lowest BCUT2D eigenvalue weighted by atomic mass is 10.1. The van der Waals surface area contributed by atoms with Crippen molar-refractivity contribution < 1.29 is 4.79 Å². The average molecular weight is 343 g/mol. The van der Waals surface area contributed by atoms with E-state index in [-0.39, 0.29) is 17.5 Å². The molecule has 1 heterocycles. The number of carbonyl (C=O) groups is 1. The van der Waals surface area contributed by atoms with Gasteiger partial charge in [0.1, 0.15) is 5.69 Å². The second-order valence-corrected chi connectivity index (χ2v) is 5.91. The van der Waals surface area contributed by atoms with Gasteiger partial charge in [0.15, 0.2) is 0 Å². The van der Waals surface area contributed by atoms with E-state index in [1.54, 1.807) is 30.3 Å². The smallest absolute Gasteiger partial charge is 0.274 e. The van der Waals surface area contributed by atoms with Crippen LogP contribution < -0.4 is 10.6 Å². The number of carbonyl (C=O) groups excluding carboxylic acids is 1. The highest BCUT2D eigenvalue weighted by Gasteiger charge is 2.10. The van der Waals surface area contributed by atoms with Gasteiger partial charge in [-0.25, -0.2) is 9.97 Å². The van der Waals surface area contributed by atoms with Crippen LogP contribution in [0.4, 0.5) is 17.3 Å². The summed E-state index contributed by atoms with van der Waals surface area (Å²) in [7, 11) is 0. The zero-order chi connectivity index (χ0) is 18.5. The zero-order valence-corrected chi connectivity index (χ0v) is 14.4. The van der Waals surface area contributed by atoms with Crippen molar-refractivity contribution in [3.63, 3.8) is 0 Å². The highest BCUT2D eigenvalue weighted by molar-refractivity contribution is 6.03. The van der Waals surface area contributed by atoms with Crippen molar-refractivity contribution >= 4 is 23.2 Å². The molecule has 6 heteroatoms. The summed E-state index contributed by atoms with van der Waals surface area (Å²) in [6.07, 6.45) is 1.51. The van der Waals surface area contributed by atoms with Crippen LogP contribution in [0.3, 0.4) is 0 Å². The average Bonchev–Trinajstić information content (AvgIpc) is 2.61. The molecule has 3 aromatic rings. The summed E-state index contributed by atoms with van der Waals surface area (Å²) in [6, 6.07) is 16.4. The molecule has 0 unspecified atom stereocenters. The fraction of sp³-hybridized carbons (Fsp3) is 0.100. The number of aryl methyl sites for hydroxylation is 2. The lowest BCUT2D eigenvalue weighted by Crippen LogP contribution is -2.15. The molecule has 1 aromatic heterocycles. The van der Waals surface area contributed by atoms with Gasteiger partial charge in [-0.3, -0.25) is 4.79 Å². The molecule has 3 rings (SSSR count). The summed E-state index contributed by atoms with van der Waals surface area (Å²) in [4.78, 5) is 20.8. The van der Waals surface area contributed by atoms with E-state index in [1.807, 2.05) is 32.0 Å². The van der Waals surface area contributed by atoms with Gasteiger partial charge in [-0.2, -0.15) is 5.26 Å². The SMILES string of the molecule is Cc1cc(C)cc(NC(=O)c2ccnc(Nc3cccc(C#N)c3)n2)c1. The molecule has 0 radical (unpaired) electrons. The first-order chi connectivity index (χ1) is 12.5. The summed E-state index contributed by atoms with van der Waals surface area (Å²) in [5.41, 5.74) is 4.32. The Morgan fingerprint density at radius 3 is 2.54 bits per heavy atom. The van der Waals surface area contributed by atoms with E-state index >= 15 is 0 Å². The molecule has 0 aliphatic rings. The van der Waals surface area contributed by atoms with E-state index in [4.69, 9.17) is 5.26 Å². The maximum absolute atomic E-state index is 12.5. The molecular formula is C20H17N5O. The lowest BCUT2D eigenvalue weighted by molar-refractivity contribution is 0.102. The first kappa shape index (κ1) is 17.1. The molecule has 0 aliphatic carbocycles. The third-order valence-corrected chi connectivity index (χ3v) is 3.62. The Balaban J connectivity index is 1.77. The number of aromatic nitrogens is 2. The van der Waals surface area contributed by atoms with Crippen molar-refractivity contribution in [2.45, 2.75) is 13.8 Å². The van der Waals surface area contributed by atoms with E-state index in [0.29, 0.717) is 11.3 Å². The zero-order valence-electron chi connectivity index (χ0n) is 14.4. The van der Waals surface area contributed by atoms with Gasteiger partial charge in [-0.05, 0) is 61.4 Å². The van der Waals surface area contributed by atoms with Gasteiger partial charge in [0.05, 0.1) is 11.6 Å². The Hall–Kier alpha value is -3.72. The van der Waals surface area contributed by atoms with Gasteiger partial charge in [0.25, 0.3) is 5.91 Å². The normalized spacial score (nSPS) is 10.0. The number of rotatable bonds is 4. The molecule has 0 spiro atoms. The Kier molecular flexibility index (Phi) is 4.90. The fourth-order valence-corrected chi connectivity index (χ4v) is 2.58. The molecule has 0 fully saturated rings. The number of nitrogens with zero attached hydrogens (tertiary/aromatic N) is 3. The number of hydrogen-bond acceptors (Lipinski definition) is 5. The van der Waals surface area contributed by atoms with Gasteiger partial charge < -0.3 is 10.6 Å². The van der Waals surface area contributed by atoms with E-state index in [0.717, 1.165) is 16.8 Å². The van der Waals surface area contributed by atoms with Gasteiger partial charge in [0, 0.05) is 17.6 Å². The van der Waals surface area contributed by atoms with Crippen molar-refractivity contribution in [2.75, 3.05) is 10.6 Å². The van der Waals surface area contributed by atoms with Crippen molar-refractivity contribution in [3.8, 4) is 6.07 Å². The Morgan fingerprint density at radius 2 is 1.81 bits per heavy atom. The van der Waals surface area contributed by atoms with E-state index < -0.39 is 0 Å². The lowest BCUT2D eigenvalue weighted by Gasteiger charge is -2.09. The quantitative estimate of drug-likeness (QED) is 0.748. The van der Waals surface area contributed by atoms with Crippen molar-refractivity contribution in [1.29, 1.82) is 5.26 Å². The Labute approximate surface area is 151 Å². The van der Waals surface area contributed by atoms with Crippen LogP contribution in [0.25, 0.3) is 0 Å². The number of nitriles is 1. The van der Waals surface area contributed by atoms with Crippen molar-refractivity contribution in [1.82, 2.24) is 9.97 Å². The Bertz CT molecular complexity index is 987. The second kappa shape index (κ2) is 7.45. The minimum absolute atomic E-state index is 0.248. The third kappa shape index (κ3) is 4.22. The van der Waals surface area contributed by atoms with E-state index in [1.165, 1.54) is 6.20 Å². The first-order valence-electron chi connectivity index (χ1n) is 8.03. The minimum atomic E-state index is -0.314. The number of anilines is 3. The van der Waals surface area contributed by atoms with Crippen molar-refractivity contribution in [2.24, 2.45) is 0 Å². The largest absolute Gasteiger partial charge is 0.324 e. The molecule has 26 heavy (non-hydrogen) atoms. The van der Waals surface area contributed by atoms with Gasteiger partial charge in [-0.15, -0.1) is 0 Å². The highest BCUT2D eigenvalue weighted by Crippen LogP contribution is 2.16. The Morgan fingerprint density at radius 1 is 1.04 bits per heavy atom. The highest BCUT2D eigenvalue weighted by atomic mass is 16.1. The fourth-order valence-electron chi connectivity index (χ4n) is 2.58. The van der Waals surface area contributed by atoms with Crippen LogP contribution >= 0.6 is 0 Å². The van der Waals surface area contributed by atoms with Crippen LogP contribution in [0.15, 0.2) is 54.7 Å². The third-order valence-electron chi connectivity index (χ3n) is 3.62. The molecule has 0 saturated carbocycles. The molecule has 0 aliphatic heterocycles. The first-order valence-corrected chi connectivity index (χ1v) is 8.03. The summed E-state index contributed by atoms with van der Waals surface area (Å²) < 4.78 is 0. The standard InChI is InChI=1S/C20H17N5O/c1-13-8-14(2)10-17(9-13)23-19(26)18-6-7-22-20(25-18)24-16-5-3-4-15(11-16)12-21/h3-11H,1-2H3,(H,23,26)(H,22,24,25). The molecule has 6 nitrogen and oxygen atoms in total. The maximum atomic E-state index is 12.5. The molecular weight excluding hydrogens is 326 g/mol. The molecule has 128 valence electrons. The molecule has 1 amide bonds. The number of amides is 1. The summed E-state index contributed by atoms with van der Waals surface area (Å²) in [5.74, 6) is -0.0283. The van der Waals surface area contributed by atoms with Crippen molar-refractivity contribution in [3.05, 3.63) is 77.1 Å². The van der Waals surface area contributed by atoms with Crippen LogP contribution in [0.5, 0.6) is 0 Å². The van der Waals surface area contributed by atoms with Crippen LogP contribution in [0.2, 0.25) is 0 Å². The predicted octanol–water partition coefficient (Wildman–Crippen LogP) is 3.96. The summed E-state index contributed by atoms with van der Waals surface area (Å²) in [6.45, 7) is 3.95. The minimum Gasteiger partial charge on any atom is -0.324 e. The number of nitrogens with one attached hydrogen (secondary N) is 2. The summed E-state index contributed by atoms with van der Waals surface area (Å²) >= 11 is 0. The number of hydrogen-bond donors (Lipinski definition) is 2. The molecule has 2 N–H and O–H groups in total. The van der Waals surface area contributed by atoms with E-state index in [9.17, 15) is 4.79 Å².